The summed E-state index contributed by atoms with van der Waals surface area (Å²) in [4.78, 5) is 13.9. The van der Waals surface area contributed by atoms with Crippen molar-refractivity contribution in [3.8, 4) is 0 Å². The number of ether oxygens (including phenoxy) is 6. The summed E-state index contributed by atoms with van der Waals surface area (Å²) in [6.45, 7) is 13.1. The van der Waals surface area contributed by atoms with E-state index in [2.05, 4.69) is 20.8 Å². The van der Waals surface area contributed by atoms with Crippen molar-refractivity contribution in [3.63, 3.8) is 0 Å². The molecule has 0 aromatic heterocycles. The summed E-state index contributed by atoms with van der Waals surface area (Å²) in [5, 5.41) is 88.5. The Hall–Kier alpha value is -0.890. The monoisotopic (exact) mass is 798 g/mol. The van der Waals surface area contributed by atoms with Crippen molar-refractivity contribution in [2.45, 2.75) is 196 Å². The smallest absolute Gasteiger partial charge is 0.187 e. The van der Waals surface area contributed by atoms with E-state index in [4.69, 9.17) is 28.4 Å². The zero-order valence-electron chi connectivity index (χ0n) is 33.8. The van der Waals surface area contributed by atoms with Crippen LogP contribution >= 0.6 is 0 Å². The molecule has 4 saturated carbocycles. The molecule has 0 aromatic rings. The van der Waals surface area contributed by atoms with Crippen LogP contribution < -0.4 is 0 Å². The lowest BCUT2D eigenvalue weighted by atomic mass is 9.36. The highest BCUT2D eigenvalue weighted by Gasteiger charge is 2.76. The van der Waals surface area contributed by atoms with E-state index in [1.165, 1.54) is 0 Å². The van der Waals surface area contributed by atoms with Crippen LogP contribution in [-0.4, -0.2) is 156 Å². The molecule has 21 atom stereocenters. The first-order chi connectivity index (χ1) is 26.0. The van der Waals surface area contributed by atoms with Gasteiger partial charge in [-0.15, -0.1) is 0 Å². The summed E-state index contributed by atoms with van der Waals surface area (Å²) in [6.07, 6.45) is -12.6. The van der Waals surface area contributed by atoms with Gasteiger partial charge in [0.1, 0.15) is 54.6 Å². The quantitative estimate of drug-likeness (QED) is 0.175. The Morgan fingerprint density at radius 2 is 1.54 bits per heavy atom. The summed E-state index contributed by atoms with van der Waals surface area (Å²) < 4.78 is 39.3. The maximum Gasteiger partial charge on any atom is 0.187 e. The van der Waals surface area contributed by atoms with E-state index in [1.54, 1.807) is 13.8 Å². The number of Topliss-reactive ketones (excluding diaryl/α,β-unsaturated/α-hetero) is 1. The molecule has 4 aliphatic carbocycles. The van der Waals surface area contributed by atoms with Gasteiger partial charge in [-0.05, 0) is 83.0 Å². The molecule has 4 saturated heterocycles. The van der Waals surface area contributed by atoms with Crippen molar-refractivity contribution in [3.05, 3.63) is 0 Å². The highest BCUT2D eigenvalue weighted by Crippen LogP contribution is 2.74. The lowest BCUT2D eigenvalue weighted by Gasteiger charge is -2.71. The topological polar surface area (TPSA) is 234 Å². The molecule has 0 aromatic carbocycles. The van der Waals surface area contributed by atoms with E-state index >= 15 is 0 Å². The van der Waals surface area contributed by atoms with E-state index in [9.17, 15) is 45.6 Å². The molecule has 15 heteroatoms. The summed E-state index contributed by atoms with van der Waals surface area (Å²) in [6, 6.07) is 0. The number of carbonyl (C=O) groups is 1. The Balaban J connectivity index is 1.20. The first-order valence-corrected chi connectivity index (χ1v) is 20.9. The molecule has 8 aliphatic rings. The predicted molar refractivity (Wildman–Crippen MR) is 194 cm³/mol. The molecule has 8 N–H and O–H groups in total. The Labute approximate surface area is 328 Å². The van der Waals surface area contributed by atoms with E-state index in [0.29, 0.717) is 51.4 Å². The van der Waals surface area contributed by atoms with Gasteiger partial charge in [0, 0.05) is 29.1 Å². The number of hydrogen-bond acceptors (Lipinski definition) is 15. The van der Waals surface area contributed by atoms with Crippen LogP contribution in [0.25, 0.3) is 0 Å². The minimum atomic E-state index is -1.78. The van der Waals surface area contributed by atoms with Crippen molar-refractivity contribution in [1.29, 1.82) is 0 Å². The number of aliphatic hydroxyl groups is 8. The number of fused-ring (bicyclic) bond motifs is 6. The zero-order valence-corrected chi connectivity index (χ0v) is 33.8. The fourth-order valence-corrected chi connectivity index (χ4v) is 14.0. The van der Waals surface area contributed by atoms with Crippen LogP contribution in [0.4, 0.5) is 0 Å². The Kier molecular flexibility index (Phi) is 10.3. The minimum Gasteiger partial charge on any atom is -0.394 e. The van der Waals surface area contributed by atoms with Gasteiger partial charge in [0.25, 0.3) is 0 Å². The van der Waals surface area contributed by atoms with Gasteiger partial charge in [-0.25, -0.2) is 0 Å². The van der Waals surface area contributed by atoms with Crippen molar-refractivity contribution in [2.75, 3.05) is 13.2 Å². The third kappa shape index (κ3) is 5.92. The third-order valence-electron chi connectivity index (χ3n) is 16.8. The molecular weight excluding hydrogens is 732 g/mol. The van der Waals surface area contributed by atoms with E-state index in [1.807, 2.05) is 13.8 Å². The van der Waals surface area contributed by atoms with Crippen LogP contribution in [0.3, 0.4) is 0 Å². The van der Waals surface area contributed by atoms with Crippen LogP contribution in [0.5, 0.6) is 0 Å². The first-order valence-electron chi connectivity index (χ1n) is 20.9. The second-order valence-corrected chi connectivity index (χ2v) is 20.6. The first kappa shape index (κ1) is 41.8. The van der Waals surface area contributed by atoms with Gasteiger partial charge in [0.2, 0.25) is 0 Å². The lowest BCUT2D eigenvalue weighted by Crippen LogP contribution is -2.75. The van der Waals surface area contributed by atoms with E-state index < -0.39 is 113 Å². The summed E-state index contributed by atoms with van der Waals surface area (Å²) in [5.41, 5.74) is -4.61. The fraction of sp³-hybridized carbons (Fsp3) is 0.976. The van der Waals surface area contributed by atoms with Gasteiger partial charge in [-0.2, -0.15) is 0 Å². The molecule has 0 radical (unpaired) electrons. The third-order valence-corrected chi connectivity index (χ3v) is 16.8. The molecule has 8 rings (SSSR count). The SMILES string of the molecule is CC1(C)C(=O)CC[C@@]2(C)C1[C@@H]1C[C@]3(C)C2C[C@@H](O)C2C([C@]4(C)CC[C@H](C(C)(C)O)O4)CC[C@]23OCC2O[C@H](O1)C(O[C@H]1OC(CO)[C@H](O)C(O)C1O)C(O)[C@@H]2O. The van der Waals surface area contributed by atoms with Crippen LogP contribution in [0.2, 0.25) is 0 Å². The average molecular weight is 799 g/mol. The van der Waals surface area contributed by atoms with E-state index in [-0.39, 0.29) is 42.2 Å². The zero-order chi connectivity index (χ0) is 40.7. The van der Waals surface area contributed by atoms with E-state index in [0.717, 1.165) is 0 Å². The molecule has 4 bridgehead atoms. The fourth-order valence-electron chi connectivity index (χ4n) is 14.0. The van der Waals surface area contributed by atoms with Gasteiger partial charge in [-0.3, -0.25) is 4.79 Å². The number of hydrogen-bond donors (Lipinski definition) is 8. The largest absolute Gasteiger partial charge is 0.394 e. The normalized spacial score (nSPS) is 57.0. The summed E-state index contributed by atoms with van der Waals surface area (Å²) >= 11 is 0. The molecule has 56 heavy (non-hydrogen) atoms. The molecule has 1 spiro atoms. The molecule has 15 nitrogen and oxygen atoms in total. The second kappa shape index (κ2) is 13.8. The maximum atomic E-state index is 13.9. The van der Waals surface area contributed by atoms with Gasteiger partial charge in [0.05, 0.1) is 48.3 Å². The molecule has 8 fully saturated rings. The van der Waals surface area contributed by atoms with Crippen LogP contribution in [0.15, 0.2) is 0 Å². The molecule has 320 valence electrons. The van der Waals surface area contributed by atoms with Gasteiger partial charge in [0.15, 0.2) is 12.6 Å². The Morgan fingerprint density at radius 1 is 0.839 bits per heavy atom. The Morgan fingerprint density at radius 3 is 2.20 bits per heavy atom. The molecular formula is C41H66O15. The Bertz CT molecular complexity index is 1500. The predicted octanol–water partition coefficient (Wildman–Crippen LogP) is 0.310. The number of carbonyl (C=O) groups excluding carboxylic acids is 1. The van der Waals surface area contributed by atoms with Crippen LogP contribution in [-0.2, 0) is 33.2 Å². The van der Waals surface area contributed by atoms with Crippen molar-refractivity contribution < 1.29 is 74.1 Å². The standard InChI is InChI=1S/C41H66O15/c1-36(2)24(44)9-11-38(5)23-14-19(43)26-18(40(7)12-10-25(56-40)37(3,4)50)8-13-41(26)39(23,6)15-20(33(36)38)52-35-32(30(48)28(46)22(54-35)17-51-41)55-34-31(49)29(47)27(45)21(16-42)53-34/h18-23,25-35,42-43,45-50H,8-17H2,1-7H3/t18?,19-,20+,21?,22?,23?,25-,26?,27+,28-,29?,30?,31?,32?,33?,34-,35+,38-,39-,40+,41+/m1/s1. The maximum absolute atomic E-state index is 13.9. The lowest BCUT2D eigenvalue weighted by molar-refractivity contribution is -0.395. The number of ketones is 1. The van der Waals surface area contributed by atoms with Gasteiger partial charge >= 0.3 is 0 Å². The van der Waals surface area contributed by atoms with Gasteiger partial charge < -0.3 is 69.3 Å². The van der Waals surface area contributed by atoms with Crippen LogP contribution in [0, 0.1) is 39.9 Å². The van der Waals surface area contributed by atoms with Crippen LogP contribution in [0.1, 0.15) is 99.8 Å². The summed E-state index contributed by atoms with van der Waals surface area (Å²) in [5.74, 6) is -0.849. The molecule has 4 aliphatic heterocycles. The highest BCUT2D eigenvalue weighted by molar-refractivity contribution is 5.85. The van der Waals surface area contributed by atoms with Crippen molar-refractivity contribution in [1.82, 2.24) is 0 Å². The second-order valence-electron chi connectivity index (χ2n) is 20.6. The van der Waals surface area contributed by atoms with Crippen molar-refractivity contribution >= 4 is 5.78 Å². The molecule has 10 unspecified atom stereocenters. The minimum absolute atomic E-state index is 0.0875. The average Bonchev–Trinajstić information content (AvgIpc) is 3.74. The summed E-state index contributed by atoms with van der Waals surface area (Å²) in [7, 11) is 0. The molecule has 4 heterocycles. The van der Waals surface area contributed by atoms with Gasteiger partial charge in [-0.1, -0.05) is 27.7 Å². The highest BCUT2D eigenvalue weighted by atomic mass is 16.8. The van der Waals surface area contributed by atoms with Crippen molar-refractivity contribution in [2.24, 2.45) is 39.9 Å². The number of aliphatic hydroxyl groups excluding tert-OH is 7. The number of rotatable bonds is 5. The molecule has 0 amide bonds.